The molecule has 0 aromatic heterocycles. The SMILES string of the molecule is CC(F)(F)C(=O)OCC12CC3CC(C1)CC(OC(=O)Oc1ccc(Oc4cc(I)c(O)cc4I)cc1)(C3)C2. The maximum Gasteiger partial charge on any atom is 0.514 e. The second-order valence-electron chi connectivity index (χ2n) is 10.9. The maximum absolute atomic E-state index is 13.3. The summed E-state index contributed by atoms with van der Waals surface area (Å²) in [6, 6.07) is 9.86. The van der Waals surface area contributed by atoms with E-state index in [1.165, 1.54) is 0 Å². The number of phenols is 1. The average Bonchev–Trinajstić information content (AvgIpc) is 2.80. The van der Waals surface area contributed by atoms with Crippen molar-refractivity contribution < 1.29 is 42.4 Å². The predicted molar refractivity (Wildman–Crippen MR) is 149 cm³/mol. The highest BCUT2D eigenvalue weighted by atomic mass is 127. The van der Waals surface area contributed by atoms with Crippen LogP contribution in [-0.4, -0.2) is 35.4 Å². The molecule has 0 radical (unpaired) electrons. The van der Waals surface area contributed by atoms with Crippen LogP contribution in [0, 0.1) is 24.4 Å². The third-order valence-electron chi connectivity index (χ3n) is 7.55. The molecule has 4 aliphatic rings. The highest BCUT2D eigenvalue weighted by Gasteiger charge is 2.60. The lowest BCUT2D eigenvalue weighted by Crippen LogP contribution is -2.59. The van der Waals surface area contributed by atoms with Crippen LogP contribution in [0.3, 0.4) is 0 Å². The molecule has 4 fully saturated rings. The van der Waals surface area contributed by atoms with Gasteiger partial charge in [0.2, 0.25) is 0 Å². The zero-order chi connectivity index (χ0) is 27.3. The summed E-state index contributed by atoms with van der Waals surface area (Å²) in [6.45, 7) is 0.436. The first-order valence-electron chi connectivity index (χ1n) is 12.3. The van der Waals surface area contributed by atoms with Crippen molar-refractivity contribution in [3.63, 3.8) is 0 Å². The summed E-state index contributed by atoms with van der Waals surface area (Å²) in [4.78, 5) is 24.5. The molecule has 0 spiro atoms. The summed E-state index contributed by atoms with van der Waals surface area (Å²) in [5, 5.41) is 9.82. The molecule has 38 heavy (non-hydrogen) atoms. The Morgan fingerprint density at radius 3 is 2.29 bits per heavy atom. The lowest BCUT2D eigenvalue weighted by molar-refractivity contribution is -0.199. The minimum absolute atomic E-state index is 0.0943. The number of ether oxygens (including phenoxy) is 4. The molecule has 2 atom stereocenters. The predicted octanol–water partition coefficient (Wildman–Crippen LogP) is 7.45. The van der Waals surface area contributed by atoms with Crippen molar-refractivity contribution >= 4 is 57.3 Å². The molecule has 6 rings (SSSR count). The van der Waals surface area contributed by atoms with E-state index < -0.39 is 29.1 Å². The quantitative estimate of drug-likeness (QED) is 0.179. The van der Waals surface area contributed by atoms with Gasteiger partial charge in [0, 0.05) is 12.3 Å². The van der Waals surface area contributed by atoms with Crippen molar-refractivity contribution in [2.24, 2.45) is 17.3 Å². The van der Waals surface area contributed by atoms with Gasteiger partial charge in [-0.25, -0.2) is 9.59 Å². The zero-order valence-electron chi connectivity index (χ0n) is 20.5. The summed E-state index contributed by atoms with van der Waals surface area (Å²) < 4.78 is 50.4. The molecule has 0 heterocycles. The van der Waals surface area contributed by atoms with Gasteiger partial charge in [0.25, 0.3) is 0 Å². The van der Waals surface area contributed by atoms with Gasteiger partial charge in [0.1, 0.15) is 28.6 Å². The van der Waals surface area contributed by atoms with E-state index >= 15 is 0 Å². The van der Waals surface area contributed by atoms with E-state index in [1.54, 1.807) is 36.4 Å². The number of alkyl halides is 2. The molecule has 4 aliphatic carbocycles. The van der Waals surface area contributed by atoms with Crippen LogP contribution in [-0.2, 0) is 14.3 Å². The van der Waals surface area contributed by atoms with E-state index in [9.17, 15) is 23.5 Å². The van der Waals surface area contributed by atoms with Crippen molar-refractivity contribution in [1.29, 1.82) is 0 Å². The number of halogens is 4. The van der Waals surface area contributed by atoms with E-state index in [2.05, 4.69) is 22.6 Å². The van der Waals surface area contributed by atoms with Crippen molar-refractivity contribution in [2.45, 2.75) is 57.0 Å². The van der Waals surface area contributed by atoms with Crippen LogP contribution in [0.25, 0.3) is 0 Å². The van der Waals surface area contributed by atoms with Gasteiger partial charge in [-0.15, -0.1) is 0 Å². The van der Waals surface area contributed by atoms with E-state index in [0.717, 1.165) is 22.8 Å². The Kier molecular flexibility index (Phi) is 7.46. The maximum atomic E-state index is 13.3. The van der Waals surface area contributed by atoms with Gasteiger partial charge in [-0.05, 0) is 132 Å². The third kappa shape index (κ3) is 5.97. The van der Waals surface area contributed by atoms with E-state index in [4.69, 9.17) is 18.9 Å². The van der Waals surface area contributed by atoms with Gasteiger partial charge in [0.05, 0.1) is 13.7 Å². The first-order valence-corrected chi connectivity index (χ1v) is 14.4. The molecule has 11 heteroatoms. The average molecular weight is 754 g/mol. The van der Waals surface area contributed by atoms with Gasteiger partial charge >= 0.3 is 18.0 Å². The molecule has 2 aromatic carbocycles. The first kappa shape index (κ1) is 27.7. The van der Waals surface area contributed by atoms with E-state index in [-0.39, 0.29) is 29.9 Å². The summed E-state index contributed by atoms with van der Waals surface area (Å²) in [5.41, 5.74) is -1.22. The summed E-state index contributed by atoms with van der Waals surface area (Å²) >= 11 is 4.09. The van der Waals surface area contributed by atoms with Gasteiger partial charge in [0.15, 0.2) is 0 Å². The number of hydrogen-bond acceptors (Lipinski definition) is 7. The highest BCUT2D eigenvalue weighted by Crippen LogP contribution is 2.63. The van der Waals surface area contributed by atoms with Gasteiger partial charge < -0.3 is 24.1 Å². The van der Waals surface area contributed by atoms with Crippen LogP contribution in [0.4, 0.5) is 13.6 Å². The number of phenolic OH excluding ortho intramolecular Hbond substituents is 1. The molecule has 4 bridgehead atoms. The van der Waals surface area contributed by atoms with Gasteiger partial charge in [-0.3, -0.25) is 0 Å². The normalized spacial score (nSPS) is 27.6. The number of esters is 1. The van der Waals surface area contributed by atoms with Crippen LogP contribution in [0.15, 0.2) is 36.4 Å². The highest BCUT2D eigenvalue weighted by molar-refractivity contribution is 14.1. The van der Waals surface area contributed by atoms with E-state index in [0.29, 0.717) is 41.3 Å². The first-order chi connectivity index (χ1) is 17.8. The number of benzene rings is 2. The van der Waals surface area contributed by atoms with Crippen molar-refractivity contribution in [3.8, 4) is 23.0 Å². The third-order valence-corrected chi connectivity index (χ3v) is 9.26. The second kappa shape index (κ2) is 10.3. The summed E-state index contributed by atoms with van der Waals surface area (Å²) in [6.07, 6.45) is 3.56. The molecule has 0 aliphatic heterocycles. The number of carbonyl (C=O) groups excluding carboxylic acids is 2. The van der Waals surface area contributed by atoms with Crippen LogP contribution in [0.5, 0.6) is 23.0 Å². The van der Waals surface area contributed by atoms with Crippen LogP contribution >= 0.6 is 45.2 Å². The van der Waals surface area contributed by atoms with E-state index in [1.807, 2.05) is 22.6 Å². The Morgan fingerprint density at radius 2 is 1.66 bits per heavy atom. The molecule has 204 valence electrons. The van der Waals surface area contributed by atoms with Crippen LogP contribution < -0.4 is 9.47 Å². The smallest absolute Gasteiger partial charge is 0.507 e. The van der Waals surface area contributed by atoms with Gasteiger partial charge in [-0.1, -0.05) is 0 Å². The van der Waals surface area contributed by atoms with Crippen molar-refractivity contribution in [2.75, 3.05) is 6.61 Å². The standard InChI is InChI=1S/C27H26F2I2O7/c1-25(28,29)23(33)35-14-26-9-15-6-16(10-26)12-27(11-15,13-26)38-24(34)37-18-4-2-17(3-5-18)36-22-8-19(30)21(32)7-20(22)31/h2-5,7-8,15-16,32H,6,9-14H2,1H3. The summed E-state index contributed by atoms with van der Waals surface area (Å²) in [5.74, 6) is -2.91. The fourth-order valence-electron chi connectivity index (χ4n) is 6.59. The Balaban J connectivity index is 1.21. The second-order valence-corrected chi connectivity index (χ2v) is 13.2. The minimum atomic E-state index is -3.54. The number of rotatable bonds is 7. The molecular weight excluding hydrogens is 728 g/mol. The number of carbonyl (C=O) groups is 2. The topological polar surface area (TPSA) is 91.3 Å². The lowest BCUT2D eigenvalue weighted by Gasteiger charge is -2.60. The van der Waals surface area contributed by atoms with Crippen molar-refractivity contribution in [3.05, 3.63) is 43.5 Å². The minimum Gasteiger partial charge on any atom is -0.507 e. The Morgan fingerprint density at radius 1 is 1.03 bits per heavy atom. The molecule has 4 saturated carbocycles. The van der Waals surface area contributed by atoms with Crippen LogP contribution in [0.1, 0.15) is 45.4 Å². The fraction of sp³-hybridized carbons (Fsp3) is 0.481. The summed E-state index contributed by atoms with van der Waals surface area (Å²) in [7, 11) is 0. The number of aromatic hydroxyl groups is 1. The molecule has 0 saturated heterocycles. The number of hydrogen-bond donors (Lipinski definition) is 1. The zero-order valence-corrected chi connectivity index (χ0v) is 24.8. The molecule has 7 nitrogen and oxygen atoms in total. The monoisotopic (exact) mass is 754 g/mol. The molecule has 1 N–H and O–H groups in total. The lowest BCUT2D eigenvalue weighted by atomic mass is 9.48. The fourth-order valence-corrected chi connectivity index (χ4v) is 7.59. The molecule has 0 amide bonds. The van der Waals surface area contributed by atoms with Crippen molar-refractivity contribution in [1.82, 2.24) is 0 Å². The Hall–Kier alpha value is -1.90. The Bertz CT molecular complexity index is 1230. The largest absolute Gasteiger partial charge is 0.514 e. The molecule has 2 aromatic rings. The van der Waals surface area contributed by atoms with Gasteiger partial charge in [-0.2, -0.15) is 8.78 Å². The molecule has 2 unspecified atom stereocenters. The molecular formula is C27H26F2I2O7. The van der Waals surface area contributed by atoms with Crippen LogP contribution in [0.2, 0.25) is 0 Å². The Labute approximate surface area is 245 Å².